The molecule has 0 saturated carbocycles. The molecule has 0 radical (unpaired) electrons. The smallest absolute Gasteiger partial charge is 0.342 e. The number of methoxy groups -OCH3 is 1. The second-order valence-electron chi connectivity index (χ2n) is 8.04. The van der Waals surface area contributed by atoms with Crippen LogP contribution >= 0.6 is 15.9 Å². The molecule has 0 bridgehead atoms. The number of amides is 1. The quantitative estimate of drug-likeness (QED) is 0.317. The number of ether oxygens (including phenoxy) is 1. The number of fused-ring (bicyclic) bond motifs is 1. The molecule has 0 fully saturated rings. The number of nitrogens with one attached hydrogen (secondary N) is 1. The second kappa shape index (κ2) is 9.85. The van der Waals surface area contributed by atoms with E-state index in [4.69, 9.17) is 9.72 Å². The van der Waals surface area contributed by atoms with Crippen LogP contribution in [0.2, 0.25) is 0 Å². The van der Waals surface area contributed by atoms with E-state index >= 15 is 0 Å². The first kappa shape index (κ1) is 24.4. The van der Waals surface area contributed by atoms with E-state index in [2.05, 4.69) is 21.2 Å². The molecule has 1 amide bonds. The maximum Gasteiger partial charge on any atom is 0.342 e. The molecule has 1 heterocycles. The zero-order valence-electron chi connectivity index (χ0n) is 19.1. The zero-order valence-corrected chi connectivity index (χ0v) is 20.7. The Hall–Kier alpha value is -3.75. The number of pyridine rings is 1. The minimum atomic E-state index is -2.40. The predicted octanol–water partition coefficient (Wildman–Crippen LogP) is 4.68. The van der Waals surface area contributed by atoms with Gasteiger partial charge in [0.2, 0.25) is 5.60 Å². The molecular weight excluding hydrogens is 512 g/mol. The molecule has 0 aliphatic carbocycles. The lowest BCUT2D eigenvalue weighted by molar-refractivity contribution is -0.159. The number of benzene rings is 3. The third-order valence-electron chi connectivity index (χ3n) is 5.88. The van der Waals surface area contributed by atoms with Crippen LogP contribution in [0.15, 0.2) is 77.3 Å². The fourth-order valence-corrected chi connectivity index (χ4v) is 4.43. The lowest BCUT2D eigenvalue weighted by atomic mass is 9.92. The largest absolute Gasteiger partial charge is 0.496 e. The number of carboxylic acids is 1. The van der Waals surface area contributed by atoms with Crippen LogP contribution in [0, 0.1) is 6.92 Å². The number of hydrogen-bond acceptors (Lipinski definition) is 5. The molecule has 0 aliphatic rings. The molecule has 0 saturated heterocycles. The molecule has 3 N–H and O–H groups in total. The van der Waals surface area contributed by atoms with Crippen LogP contribution in [0.4, 0.5) is 0 Å². The van der Waals surface area contributed by atoms with Crippen LogP contribution in [0.3, 0.4) is 0 Å². The van der Waals surface area contributed by atoms with E-state index in [0.717, 1.165) is 10.0 Å². The van der Waals surface area contributed by atoms with Gasteiger partial charge in [0.05, 0.1) is 30.4 Å². The van der Waals surface area contributed by atoms with E-state index in [1.807, 2.05) is 42.5 Å². The number of rotatable bonds is 7. The van der Waals surface area contributed by atoms with Crippen molar-refractivity contribution in [3.05, 3.63) is 94.0 Å². The fourth-order valence-electron chi connectivity index (χ4n) is 4.07. The number of carbonyl (C=O) groups is 2. The molecule has 1 aromatic heterocycles. The Labute approximate surface area is 210 Å². The van der Waals surface area contributed by atoms with Gasteiger partial charge >= 0.3 is 5.97 Å². The van der Waals surface area contributed by atoms with Crippen LogP contribution in [-0.4, -0.2) is 40.7 Å². The summed E-state index contributed by atoms with van der Waals surface area (Å²) in [6.45, 7) is 1.23. The SMILES string of the molecule is COc1ccccc1[C@](O)(CNC(=O)c1c(C)c(-c2ccccc2)nc2ccc(Br)cc12)C(=O)O. The topological polar surface area (TPSA) is 109 Å². The lowest BCUT2D eigenvalue weighted by Crippen LogP contribution is -2.47. The first-order chi connectivity index (χ1) is 16.8. The molecular formula is C27H23BrN2O5. The highest BCUT2D eigenvalue weighted by molar-refractivity contribution is 9.10. The van der Waals surface area contributed by atoms with Gasteiger partial charge in [0, 0.05) is 21.0 Å². The summed E-state index contributed by atoms with van der Waals surface area (Å²) in [6.07, 6.45) is 0. The average molecular weight is 535 g/mol. The van der Waals surface area contributed by atoms with Crippen molar-refractivity contribution in [1.29, 1.82) is 0 Å². The molecule has 4 aromatic rings. The molecule has 7 nitrogen and oxygen atoms in total. The summed E-state index contributed by atoms with van der Waals surface area (Å²) in [5.74, 6) is -1.83. The van der Waals surface area contributed by atoms with Gasteiger partial charge in [-0.05, 0) is 36.8 Å². The highest BCUT2D eigenvalue weighted by Gasteiger charge is 2.41. The van der Waals surface area contributed by atoms with Crippen molar-refractivity contribution in [2.45, 2.75) is 12.5 Å². The maximum absolute atomic E-state index is 13.5. The Morgan fingerprint density at radius 3 is 2.43 bits per heavy atom. The maximum atomic E-state index is 13.5. The van der Waals surface area contributed by atoms with Crippen LogP contribution in [0.1, 0.15) is 21.5 Å². The van der Waals surface area contributed by atoms with Crippen LogP contribution < -0.4 is 10.1 Å². The van der Waals surface area contributed by atoms with Gasteiger partial charge in [0.15, 0.2) is 0 Å². The van der Waals surface area contributed by atoms with Crippen molar-refractivity contribution < 1.29 is 24.5 Å². The third-order valence-corrected chi connectivity index (χ3v) is 6.37. The number of hydrogen-bond donors (Lipinski definition) is 3. The molecule has 0 aliphatic heterocycles. The standard InChI is InChI=1S/C27H23BrN2O5/c1-16-23(19-14-18(28)12-13-21(19)30-24(16)17-8-4-3-5-9-17)25(31)29-15-27(34,26(32)33)20-10-6-7-11-22(20)35-2/h3-14,34H,15H2,1-2H3,(H,29,31)(H,32,33)/t27-/m1/s1. The molecule has 4 rings (SSSR count). The van der Waals surface area contributed by atoms with Crippen LogP contribution in [0.25, 0.3) is 22.2 Å². The number of nitrogens with zero attached hydrogens (tertiary/aromatic N) is 1. The number of carbonyl (C=O) groups excluding carboxylic acids is 1. The van der Waals surface area contributed by atoms with Crippen LogP contribution in [-0.2, 0) is 10.4 Å². The number of carboxylic acid groups (broad SMARTS) is 1. The fraction of sp³-hybridized carbons (Fsp3) is 0.148. The van der Waals surface area contributed by atoms with Crippen molar-refractivity contribution >= 4 is 38.7 Å². The number of aromatic nitrogens is 1. The van der Waals surface area contributed by atoms with Crippen molar-refractivity contribution in [3.63, 3.8) is 0 Å². The van der Waals surface area contributed by atoms with Crippen LogP contribution in [0.5, 0.6) is 5.75 Å². The summed E-state index contributed by atoms with van der Waals surface area (Å²) >= 11 is 3.45. The van der Waals surface area contributed by atoms with Gasteiger partial charge < -0.3 is 20.3 Å². The van der Waals surface area contributed by atoms with Crippen molar-refractivity contribution in [2.75, 3.05) is 13.7 Å². The average Bonchev–Trinajstić information content (AvgIpc) is 2.87. The van der Waals surface area contributed by atoms with E-state index in [1.165, 1.54) is 13.2 Å². The van der Waals surface area contributed by atoms with E-state index in [-0.39, 0.29) is 11.3 Å². The number of aliphatic hydroxyl groups is 1. The minimum absolute atomic E-state index is 0.0410. The van der Waals surface area contributed by atoms with E-state index in [0.29, 0.717) is 27.7 Å². The van der Waals surface area contributed by atoms with Gasteiger partial charge in [-0.1, -0.05) is 64.5 Å². The first-order valence-corrected chi connectivity index (χ1v) is 11.6. The number of para-hydroxylation sites is 1. The van der Waals surface area contributed by atoms with Crippen molar-refractivity contribution in [2.24, 2.45) is 0 Å². The van der Waals surface area contributed by atoms with Gasteiger partial charge in [0.25, 0.3) is 5.91 Å². The van der Waals surface area contributed by atoms with Crippen molar-refractivity contribution in [1.82, 2.24) is 10.3 Å². The van der Waals surface area contributed by atoms with E-state index in [1.54, 1.807) is 31.2 Å². The Morgan fingerprint density at radius 1 is 1.06 bits per heavy atom. The minimum Gasteiger partial charge on any atom is -0.496 e. The monoisotopic (exact) mass is 534 g/mol. The molecule has 178 valence electrons. The highest BCUT2D eigenvalue weighted by Crippen LogP contribution is 2.33. The lowest BCUT2D eigenvalue weighted by Gasteiger charge is -2.26. The van der Waals surface area contributed by atoms with E-state index in [9.17, 15) is 19.8 Å². The summed E-state index contributed by atoms with van der Waals surface area (Å²) in [5, 5.41) is 24.2. The first-order valence-electron chi connectivity index (χ1n) is 10.8. The van der Waals surface area contributed by atoms with E-state index < -0.39 is 24.0 Å². The zero-order chi connectivity index (χ0) is 25.2. The summed E-state index contributed by atoms with van der Waals surface area (Å²) in [4.78, 5) is 30.4. The van der Waals surface area contributed by atoms with Gasteiger partial charge in [-0.25, -0.2) is 9.78 Å². The molecule has 8 heteroatoms. The highest BCUT2D eigenvalue weighted by atomic mass is 79.9. The molecule has 0 unspecified atom stereocenters. The summed E-state index contributed by atoms with van der Waals surface area (Å²) < 4.78 is 6.01. The summed E-state index contributed by atoms with van der Waals surface area (Å²) in [7, 11) is 1.38. The Bertz CT molecular complexity index is 1420. The second-order valence-corrected chi connectivity index (χ2v) is 8.95. The number of halogens is 1. The van der Waals surface area contributed by atoms with Gasteiger partial charge in [-0.2, -0.15) is 0 Å². The van der Waals surface area contributed by atoms with Gasteiger partial charge in [-0.3, -0.25) is 4.79 Å². The Balaban J connectivity index is 1.79. The predicted molar refractivity (Wildman–Crippen MR) is 136 cm³/mol. The summed E-state index contributed by atoms with van der Waals surface area (Å²) in [5.41, 5.74) is 0.726. The van der Waals surface area contributed by atoms with Gasteiger partial charge in [0.1, 0.15) is 5.75 Å². The molecule has 0 spiro atoms. The Morgan fingerprint density at radius 2 is 1.74 bits per heavy atom. The molecule has 3 aromatic carbocycles. The summed E-state index contributed by atoms with van der Waals surface area (Å²) in [6, 6.07) is 21.2. The normalized spacial score (nSPS) is 12.7. The van der Waals surface area contributed by atoms with Crippen molar-refractivity contribution in [3.8, 4) is 17.0 Å². The Kier molecular flexibility index (Phi) is 6.86. The number of aliphatic carboxylic acids is 1. The molecule has 35 heavy (non-hydrogen) atoms. The third kappa shape index (κ3) is 4.62. The van der Waals surface area contributed by atoms with Gasteiger partial charge in [-0.15, -0.1) is 0 Å². The molecule has 1 atom stereocenters.